The fourth-order valence-corrected chi connectivity index (χ4v) is 1.41. The van der Waals surface area contributed by atoms with Crippen LogP contribution in [0.25, 0.3) is 0 Å². The zero-order valence-electron chi connectivity index (χ0n) is 7.77. The molecular weight excluding hydrogens is 172 g/mol. The van der Waals surface area contributed by atoms with Gasteiger partial charge in [-0.25, -0.2) is 0 Å². The van der Waals surface area contributed by atoms with Crippen molar-refractivity contribution in [3.05, 3.63) is 47.5 Å². The lowest BCUT2D eigenvalue weighted by atomic mass is 10.1. The van der Waals surface area contributed by atoms with Gasteiger partial charge in [0.05, 0.1) is 17.3 Å². The highest BCUT2D eigenvalue weighted by Crippen LogP contribution is 2.09. The lowest BCUT2D eigenvalue weighted by molar-refractivity contribution is 0.994. The summed E-state index contributed by atoms with van der Waals surface area (Å²) in [5.41, 5.74) is 2.79. The molecule has 0 saturated heterocycles. The Balaban J connectivity index is 2.30. The Morgan fingerprint density at radius 2 is 2.00 bits per heavy atom. The Bertz CT molecular complexity index is 419. The van der Waals surface area contributed by atoms with Gasteiger partial charge in [-0.15, -0.1) is 0 Å². The maximum absolute atomic E-state index is 8.64. The maximum Gasteiger partial charge on any atom is 0.0991 e. The van der Waals surface area contributed by atoms with Crippen molar-refractivity contribution in [3.8, 4) is 6.07 Å². The molecule has 0 radical (unpaired) electrons. The van der Waals surface area contributed by atoms with Gasteiger partial charge in [-0.3, -0.25) is 4.99 Å². The molecule has 1 heterocycles. The van der Waals surface area contributed by atoms with Gasteiger partial charge < -0.3 is 0 Å². The van der Waals surface area contributed by atoms with Gasteiger partial charge in [-0.1, -0.05) is 18.2 Å². The van der Waals surface area contributed by atoms with Crippen LogP contribution in [0, 0.1) is 11.3 Å². The lowest BCUT2D eigenvalue weighted by Gasteiger charge is -2.05. The fraction of sp³-hybridized carbons (Fsp3) is 0.167. The molecular formula is C12H10N2. The monoisotopic (exact) mass is 182 g/mol. The summed E-state index contributed by atoms with van der Waals surface area (Å²) in [7, 11) is 0. The molecule has 0 amide bonds. The van der Waals surface area contributed by atoms with Crippen LogP contribution >= 0.6 is 0 Å². The van der Waals surface area contributed by atoms with Crippen LogP contribution in [-0.4, -0.2) is 12.3 Å². The van der Waals surface area contributed by atoms with Crippen LogP contribution < -0.4 is 0 Å². The number of benzene rings is 1. The van der Waals surface area contributed by atoms with Crippen LogP contribution in [0.2, 0.25) is 0 Å². The highest BCUT2D eigenvalue weighted by molar-refractivity contribution is 6.09. The minimum Gasteiger partial charge on any atom is -0.284 e. The SMILES string of the molecule is N#Cc1ccc(C2=NCCC=C2)cc1. The molecule has 14 heavy (non-hydrogen) atoms. The van der Waals surface area contributed by atoms with Gasteiger partial charge in [0.15, 0.2) is 0 Å². The van der Waals surface area contributed by atoms with Crippen LogP contribution in [0.4, 0.5) is 0 Å². The number of aliphatic imine (C=N–C) groups is 1. The zero-order chi connectivity index (χ0) is 9.80. The molecule has 0 unspecified atom stereocenters. The van der Waals surface area contributed by atoms with Crippen LogP contribution in [-0.2, 0) is 0 Å². The van der Waals surface area contributed by atoms with E-state index in [1.54, 1.807) is 0 Å². The first-order valence-electron chi connectivity index (χ1n) is 4.62. The number of hydrogen-bond donors (Lipinski definition) is 0. The molecule has 1 aromatic rings. The predicted octanol–water partition coefficient (Wildman–Crippen LogP) is 2.31. The Hall–Kier alpha value is -1.88. The molecule has 1 aliphatic heterocycles. The van der Waals surface area contributed by atoms with E-state index in [1.165, 1.54) is 0 Å². The third-order valence-electron chi connectivity index (χ3n) is 2.16. The third kappa shape index (κ3) is 1.72. The highest BCUT2D eigenvalue weighted by Gasteiger charge is 2.01. The summed E-state index contributed by atoms with van der Waals surface area (Å²) in [5.74, 6) is 0. The molecule has 0 aliphatic carbocycles. The summed E-state index contributed by atoms with van der Waals surface area (Å²) >= 11 is 0. The lowest BCUT2D eigenvalue weighted by Crippen LogP contribution is -2.01. The predicted molar refractivity (Wildman–Crippen MR) is 56.3 cm³/mol. The van der Waals surface area contributed by atoms with Crippen molar-refractivity contribution < 1.29 is 0 Å². The Labute approximate surface area is 83.2 Å². The molecule has 1 aliphatic rings. The van der Waals surface area contributed by atoms with Crippen LogP contribution in [0.15, 0.2) is 41.4 Å². The highest BCUT2D eigenvalue weighted by atomic mass is 14.7. The van der Waals surface area contributed by atoms with E-state index < -0.39 is 0 Å². The van der Waals surface area contributed by atoms with Gasteiger partial charge in [0.2, 0.25) is 0 Å². The Morgan fingerprint density at radius 3 is 2.57 bits per heavy atom. The van der Waals surface area contributed by atoms with Gasteiger partial charge in [0, 0.05) is 6.54 Å². The van der Waals surface area contributed by atoms with Gasteiger partial charge in [-0.2, -0.15) is 5.26 Å². The molecule has 2 nitrogen and oxygen atoms in total. The van der Waals surface area contributed by atoms with E-state index in [2.05, 4.69) is 17.1 Å². The van der Waals surface area contributed by atoms with Crippen molar-refractivity contribution in [1.29, 1.82) is 5.26 Å². The average Bonchev–Trinajstić information content (AvgIpc) is 2.30. The van der Waals surface area contributed by atoms with Gasteiger partial charge in [-0.05, 0) is 30.2 Å². The Morgan fingerprint density at radius 1 is 1.21 bits per heavy atom. The van der Waals surface area contributed by atoms with E-state index in [-0.39, 0.29) is 0 Å². The molecule has 0 fully saturated rings. The Kier molecular flexibility index (Phi) is 2.42. The summed E-state index contributed by atoms with van der Waals surface area (Å²) in [6.07, 6.45) is 5.19. The van der Waals surface area contributed by atoms with Crippen molar-refractivity contribution in [3.63, 3.8) is 0 Å². The summed E-state index contributed by atoms with van der Waals surface area (Å²) in [4.78, 5) is 4.40. The van der Waals surface area contributed by atoms with Crippen molar-refractivity contribution in [2.45, 2.75) is 6.42 Å². The number of dihydropyridines is 1. The van der Waals surface area contributed by atoms with Crippen molar-refractivity contribution >= 4 is 5.71 Å². The summed E-state index contributed by atoms with van der Waals surface area (Å²) in [5, 5.41) is 8.64. The molecule has 0 atom stereocenters. The van der Waals surface area contributed by atoms with E-state index in [9.17, 15) is 0 Å². The van der Waals surface area contributed by atoms with E-state index in [0.29, 0.717) is 5.56 Å². The quantitative estimate of drug-likeness (QED) is 0.656. The van der Waals surface area contributed by atoms with Crippen LogP contribution in [0.1, 0.15) is 17.5 Å². The molecule has 0 spiro atoms. The normalized spacial score (nSPS) is 14.6. The van der Waals surface area contributed by atoms with E-state index in [0.717, 1.165) is 24.2 Å². The summed E-state index contributed by atoms with van der Waals surface area (Å²) in [6.45, 7) is 0.867. The molecule has 68 valence electrons. The standard InChI is InChI=1S/C12H10N2/c13-9-10-4-6-11(7-5-10)12-3-1-2-8-14-12/h1,3-7H,2,8H2. The average molecular weight is 182 g/mol. The van der Waals surface area contributed by atoms with Crippen LogP contribution in [0.3, 0.4) is 0 Å². The maximum atomic E-state index is 8.64. The first-order chi connectivity index (χ1) is 6.90. The molecule has 0 saturated carbocycles. The molecule has 0 N–H and O–H groups in total. The largest absolute Gasteiger partial charge is 0.284 e. The van der Waals surface area contributed by atoms with Gasteiger partial charge >= 0.3 is 0 Å². The zero-order valence-corrected chi connectivity index (χ0v) is 7.77. The summed E-state index contributed by atoms with van der Waals surface area (Å²) < 4.78 is 0. The minimum absolute atomic E-state index is 0.689. The number of allylic oxidation sites excluding steroid dienone is 1. The molecule has 1 aromatic carbocycles. The molecule has 2 heteroatoms. The topological polar surface area (TPSA) is 36.1 Å². The van der Waals surface area contributed by atoms with Gasteiger partial charge in [0.25, 0.3) is 0 Å². The van der Waals surface area contributed by atoms with Gasteiger partial charge in [0.1, 0.15) is 0 Å². The number of hydrogen-bond acceptors (Lipinski definition) is 2. The van der Waals surface area contributed by atoms with Crippen LogP contribution in [0.5, 0.6) is 0 Å². The van der Waals surface area contributed by atoms with E-state index in [1.807, 2.05) is 30.3 Å². The minimum atomic E-state index is 0.689. The second kappa shape index (κ2) is 3.89. The van der Waals surface area contributed by atoms with E-state index >= 15 is 0 Å². The number of nitriles is 1. The van der Waals surface area contributed by atoms with Crippen molar-refractivity contribution in [2.24, 2.45) is 4.99 Å². The fourth-order valence-electron chi connectivity index (χ4n) is 1.41. The number of nitrogens with zero attached hydrogens (tertiary/aromatic N) is 2. The molecule has 0 bridgehead atoms. The first kappa shape index (κ1) is 8.71. The van der Waals surface area contributed by atoms with E-state index in [4.69, 9.17) is 5.26 Å². The second-order valence-corrected chi connectivity index (χ2v) is 3.15. The first-order valence-corrected chi connectivity index (χ1v) is 4.62. The summed E-state index contributed by atoms with van der Waals surface area (Å²) in [6, 6.07) is 9.61. The molecule has 0 aromatic heterocycles. The van der Waals surface area contributed by atoms with Crippen molar-refractivity contribution in [2.75, 3.05) is 6.54 Å². The molecule has 2 rings (SSSR count). The second-order valence-electron chi connectivity index (χ2n) is 3.15. The smallest absolute Gasteiger partial charge is 0.0991 e. The third-order valence-corrected chi connectivity index (χ3v) is 2.16. The van der Waals surface area contributed by atoms with Crippen molar-refractivity contribution in [1.82, 2.24) is 0 Å². The number of rotatable bonds is 1.